The van der Waals surface area contributed by atoms with Crippen LogP contribution in [0.3, 0.4) is 0 Å². The third kappa shape index (κ3) is 5.34. The topological polar surface area (TPSA) is 72.9 Å². The lowest BCUT2D eigenvalue weighted by Gasteiger charge is -2.35. The monoisotopic (exact) mass is 481 g/mol. The first-order valence-corrected chi connectivity index (χ1v) is 12.4. The average molecular weight is 482 g/mol. The lowest BCUT2D eigenvalue weighted by molar-refractivity contribution is 0.0920. The smallest absolute Gasteiger partial charge is 0.270 e. The number of likely N-dealkylation sites (tertiary alicyclic amines) is 1. The van der Waals surface area contributed by atoms with E-state index in [0.717, 1.165) is 24.4 Å². The Morgan fingerprint density at radius 2 is 1.79 bits per heavy atom. The number of thiazole rings is 1. The summed E-state index contributed by atoms with van der Waals surface area (Å²) >= 11 is 1.41. The van der Waals surface area contributed by atoms with Gasteiger partial charge in [-0.1, -0.05) is 24.6 Å². The molecule has 0 saturated carbocycles. The van der Waals surface area contributed by atoms with Gasteiger partial charge in [-0.25, -0.2) is 4.98 Å². The molecule has 1 fully saturated rings. The molecular weight excluding hydrogens is 450 g/mol. The molecule has 1 amide bonds. The van der Waals surface area contributed by atoms with Crippen LogP contribution < -0.4 is 19.5 Å². The molecule has 0 spiro atoms. The first kappa shape index (κ1) is 24.0. The van der Waals surface area contributed by atoms with Crippen LogP contribution >= 0.6 is 11.3 Å². The molecule has 2 heterocycles. The van der Waals surface area contributed by atoms with Crippen molar-refractivity contribution < 1.29 is 19.0 Å². The molecule has 3 aromatic rings. The van der Waals surface area contributed by atoms with Gasteiger partial charge in [0.1, 0.15) is 16.5 Å². The Labute approximate surface area is 204 Å². The molecule has 0 radical (unpaired) electrons. The van der Waals surface area contributed by atoms with E-state index >= 15 is 0 Å². The normalized spacial score (nSPS) is 14.9. The highest BCUT2D eigenvalue weighted by molar-refractivity contribution is 7.13. The Bertz CT molecular complexity index is 1090. The highest BCUT2D eigenvalue weighted by Crippen LogP contribution is 2.39. The number of carbonyl (C=O) groups excluding carboxylic acids is 1. The molecule has 1 N–H and O–H groups in total. The van der Waals surface area contributed by atoms with Gasteiger partial charge in [0.2, 0.25) is 0 Å². The Hall–Kier alpha value is -3.10. The molecule has 1 aromatic heterocycles. The van der Waals surface area contributed by atoms with Crippen LogP contribution in [0, 0.1) is 0 Å². The van der Waals surface area contributed by atoms with E-state index in [0.29, 0.717) is 28.7 Å². The van der Waals surface area contributed by atoms with Crippen LogP contribution in [-0.2, 0) is 0 Å². The van der Waals surface area contributed by atoms with Gasteiger partial charge in [-0.05, 0) is 55.8 Å². The molecule has 1 saturated heterocycles. The summed E-state index contributed by atoms with van der Waals surface area (Å²) in [7, 11) is 4.87. The number of rotatable bonds is 9. The third-order valence-corrected chi connectivity index (χ3v) is 7.03. The van der Waals surface area contributed by atoms with Gasteiger partial charge in [-0.2, -0.15) is 0 Å². The molecule has 34 heavy (non-hydrogen) atoms. The minimum absolute atomic E-state index is 0.103. The number of hydrogen-bond donors (Lipinski definition) is 1. The summed E-state index contributed by atoms with van der Waals surface area (Å²) in [5.41, 5.74) is 2.37. The Kier molecular flexibility index (Phi) is 8.03. The van der Waals surface area contributed by atoms with Crippen molar-refractivity contribution in [3.63, 3.8) is 0 Å². The SMILES string of the molecule is COc1ccc(C(CNC(=O)c2csc(-c3cccc(OC)c3OC)n2)N2CCCCC2)cc1. The fraction of sp³-hybridized carbons (Fsp3) is 0.385. The van der Waals surface area contributed by atoms with Crippen LogP contribution in [0.1, 0.15) is 41.4 Å². The maximum Gasteiger partial charge on any atom is 0.270 e. The van der Waals surface area contributed by atoms with Crippen molar-refractivity contribution in [3.8, 4) is 27.8 Å². The van der Waals surface area contributed by atoms with Crippen molar-refractivity contribution in [2.45, 2.75) is 25.3 Å². The number of aromatic nitrogens is 1. The van der Waals surface area contributed by atoms with Gasteiger partial charge in [0.25, 0.3) is 5.91 Å². The molecule has 1 aliphatic heterocycles. The number of amides is 1. The van der Waals surface area contributed by atoms with Gasteiger partial charge in [-0.3, -0.25) is 9.69 Å². The Morgan fingerprint density at radius 3 is 2.47 bits per heavy atom. The van der Waals surface area contributed by atoms with Gasteiger partial charge >= 0.3 is 0 Å². The van der Waals surface area contributed by atoms with E-state index in [1.807, 2.05) is 30.3 Å². The fourth-order valence-corrected chi connectivity index (χ4v) is 5.17. The van der Waals surface area contributed by atoms with E-state index in [1.165, 1.54) is 36.2 Å². The quantitative estimate of drug-likeness (QED) is 0.474. The number of nitrogens with one attached hydrogen (secondary N) is 1. The van der Waals surface area contributed by atoms with Crippen LogP contribution in [0.25, 0.3) is 10.6 Å². The predicted octanol–water partition coefficient (Wildman–Crippen LogP) is 4.79. The largest absolute Gasteiger partial charge is 0.497 e. The summed E-state index contributed by atoms with van der Waals surface area (Å²) in [4.78, 5) is 20.1. The van der Waals surface area contributed by atoms with Crippen molar-refractivity contribution >= 4 is 17.2 Å². The van der Waals surface area contributed by atoms with Gasteiger partial charge < -0.3 is 19.5 Å². The second-order valence-electron chi connectivity index (χ2n) is 8.17. The van der Waals surface area contributed by atoms with Crippen LogP contribution in [0.15, 0.2) is 47.8 Å². The Balaban J connectivity index is 1.49. The molecule has 1 atom stereocenters. The highest BCUT2D eigenvalue weighted by atomic mass is 32.1. The number of nitrogens with zero attached hydrogens (tertiary/aromatic N) is 2. The number of benzene rings is 2. The van der Waals surface area contributed by atoms with Crippen LogP contribution in [0.2, 0.25) is 0 Å². The van der Waals surface area contributed by atoms with Crippen LogP contribution in [0.5, 0.6) is 17.2 Å². The molecule has 1 unspecified atom stereocenters. The molecule has 0 aliphatic carbocycles. The number of ether oxygens (including phenoxy) is 3. The minimum atomic E-state index is -0.181. The van der Waals surface area contributed by atoms with E-state index in [4.69, 9.17) is 14.2 Å². The minimum Gasteiger partial charge on any atom is -0.497 e. The number of carbonyl (C=O) groups is 1. The van der Waals surface area contributed by atoms with E-state index in [-0.39, 0.29) is 11.9 Å². The highest BCUT2D eigenvalue weighted by Gasteiger charge is 2.24. The summed E-state index contributed by atoms with van der Waals surface area (Å²) < 4.78 is 16.2. The van der Waals surface area contributed by atoms with Crippen molar-refractivity contribution in [3.05, 3.63) is 59.1 Å². The van der Waals surface area contributed by atoms with Gasteiger partial charge in [0.05, 0.1) is 32.9 Å². The lowest BCUT2D eigenvalue weighted by Crippen LogP contribution is -2.40. The van der Waals surface area contributed by atoms with E-state index in [2.05, 4.69) is 27.3 Å². The zero-order valence-electron chi connectivity index (χ0n) is 19.9. The predicted molar refractivity (Wildman–Crippen MR) is 134 cm³/mol. The van der Waals surface area contributed by atoms with Crippen molar-refractivity contribution in [2.75, 3.05) is 41.0 Å². The third-order valence-electron chi connectivity index (χ3n) is 6.16. The first-order valence-electron chi connectivity index (χ1n) is 11.5. The van der Waals surface area contributed by atoms with E-state index in [9.17, 15) is 4.79 Å². The summed E-state index contributed by atoms with van der Waals surface area (Å²) in [6.07, 6.45) is 3.62. The molecule has 1 aliphatic rings. The molecule has 7 nitrogen and oxygen atoms in total. The number of piperidine rings is 1. The van der Waals surface area contributed by atoms with Crippen molar-refractivity contribution in [1.29, 1.82) is 0 Å². The fourth-order valence-electron chi connectivity index (χ4n) is 4.35. The maximum atomic E-state index is 13.0. The lowest BCUT2D eigenvalue weighted by atomic mass is 10.0. The van der Waals surface area contributed by atoms with Gasteiger partial charge in [0.15, 0.2) is 11.5 Å². The zero-order chi connectivity index (χ0) is 23.9. The van der Waals surface area contributed by atoms with Crippen molar-refractivity contribution in [1.82, 2.24) is 15.2 Å². The van der Waals surface area contributed by atoms with Crippen LogP contribution in [-0.4, -0.2) is 56.8 Å². The number of para-hydroxylation sites is 1. The molecule has 0 bridgehead atoms. The number of methoxy groups -OCH3 is 3. The Morgan fingerprint density at radius 1 is 1.03 bits per heavy atom. The summed E-state index contributed by atoms with van der Waals surface area (Å²) in [5.74, 6) is 1.88. The van der Waals surface area contributed by atoms with Gasteiger partial charge in [0, 0.05) is 11.9 Å². The van der Waals surface area contributed by atoms with Crippen LogP contribution in [0.4, 0.5) is 0 Å². The summed E-state index contributed by atoms with van der Waals surface area (Å²) in [6, 6.07) is 13.9. The second kappa shape index (κ2) is 11.4. The standard InChI is InChI=1S/C26H31N3O4S/c1-31-19-12-10-18(11-13-19)22(29-14-5-4-6-15-29)16-27-25(30)21-17-34-26(28-21)20-8-7-9-23(32-2)24(20)33-3/h7-13,17,22H,4-6,14-16H2,1-3H3,(H,27,30). The number of hydrogen-bond acceptors (Lipinski definition) is 7. The summed E-state index contributed by atoms with van der Waals surface area (Å²) in [5, 5.41) is 5.61. The van der Waals surface area contributed by atoms with E-state index < -0.39 is 0 Å². The average Bonchev–Trinajstić information content (AvgIpc) is 3.39. The maximum absolute atomic E-state index is 13.0. The zero-order valence-corrected chi connectivity index (χ0v) is 20.7. The molecule has 4 rings (SSSR count). The molecule has 180 valence electrons. The van der Waals surface area contributed by atoms with Crippen molar-refractivity contribution in [2.24, 2.45) is 0 Å². The van der Waals surface area contributed by atoms with Gasteiger partial charge in [-0.15, -0.1) is 11.3 Å². The molecule has 8 heteroatoms. The summed E-state index contributed by atoms with van der Waals surface area (Å²) in [6.45, 7) is 2.58. The molecule has 2 aromatic carbocycles. The second-order valence-corrected chi connectivity index (χ2v) is 9.03. The van der Waals surface area contributed by atoms with E-state index in [1.54, 1.807) is 26.7 Å². The molecular formula is C26H31N3O4S. The first-order chi connectivity index (χ1) is 16.6.